The number of nitrogens with zero attached hydrogens (tertiary/aromatic N) is 1. The van der Waals surface area contributed by atoms with Gasteiger partial charge in [0.15, 0.2) is 0 Å². The molecule has 0 spiro atoms. The van der Waals surface area contributed by atoms with Gasteiger partial charge in [0, 0.05) is 4.47 Å². The van der Waals surface area contributed by atoms with Crippen molar-refractivity contribution in [1.82, 2.24) is 0 Å². The first-order valence-electron chi connectivity index (χ1n) is 6.56. The van der Waals surface area contributed by atoms with Gasteiger partial charge in [0.1, 0.15) is 24.0 Å². The minimum Gasteiger partial charge on any atom is -0.488 e. The summed E-state index contributed by atoms with van der Waals surface area (Å²) >= 11 is 3.30. The molecule has 0 aliphatic heterocycles. The second kappa shape index (κ2) is 7.32. The standard InChI is InChI=1S/C15H19BrN2O3/c1-10(2)7-15(3,21-14(18)19)9-20-13-5-4-12(16)6-11(13)8-17/h4-6,10H,7,9H2,1-3H3,(H2,18,19). The van der Waals surface area contributed by atoms with E-state index in [2.05, 4.69) is 22.0 Å². The molecule has 0 aliphatic carbocycles. The number of benzene rings is 1. The Labute approximate surface area is 133 Å². The van der Waals surface area contributed by atoms with Gasteiger partial charge >= 0.3 is 6.09 Å². The quantitative estimate of drug-likeness (QED) is 0.845. The van der Waals surface area contributed by atoms with Crippen LogP contribution in [0.5, 0.6) is 5.75 Å². The number of hydrogen-bond donors (Lipinski definition) is 1. The third kappa shape index (κ3) is 5.64. The highest BCUT2D eigenvalue weighted by atomic mass is 79.9. The van der Waals surface area contributed by atoms with Crippen LogP contribution in [-0.4, -0.2) is 18.3 Å². The van der Waals surface area contributed by atoms with E-state index in [1.54, 1.807) is 25.1 Å². The van der Waals surface area contributed by atoms with Crippen LogP contribution in [0.2, 0.25) is 0 Å². The predicted octanol–water partition coefficient (Wildman–Crippen LogP) is 3.60. The van der Waals surface area contributed by atoms with Gasteiger partial charge < -0.3 is 15.2 Å². The van der Waals surface area contributed by atoms with E-state index >= 15 is 0 Å². The van der Waals surface area contributed by atoms with E-state index < -0.39 is 11.7 Å². The molecule has 6 heteroatoms. The van der Waals surface area contributed by atoms with Gasteiger partial charge in [-0.25, -0.2) is 4.79 Å². The van der Waals surface area contributed by atoms with E-state index in [1.807, 2.05) is 13.8 Å². The third-order valence-corrected chi connectivity index (χ3v) is 3.28. The van der Waals surface area contributed by atoms with Crippen molar-refractivity contribution in [2.45, 2.75) is 32.8 Å². The maximum atomic E-state index is 11.1. The molecule has 1 unspecified atom stereocenters. The summed E-state index contributed by atoms with van der Waals surface area (Å²) in [6, 6.07) is 7.22. The summed E-state index contributed by atoms with van der Waals surface area (Å²) in [4.78, 5) is 11.1. The molecule has 0 radical (unpaired) electrons. The van der Waals surface area contributed by atoms with Crippen LogP contribution < -0.4 is 10.5 Å². The summed E-state index contributed by atoms with van der Waals surface area (Å²) < 4.78 is 11.7. The Morgan fingerprint density at radius 2 is 2.19 bits per heavy atom. The molecular weight excluding hydrogens is 336 g/mol. The smallest absolute Gasteiger partial charge is 0.405 e. The summed E-state index contributed by atoms with van der Waals surface area (Å²) in [5.41, 5.74) is 4.70. The average molecular weight is 355 g/mol. The SMILES string of the molecule is CC(C)CC(C)(COc1ccc(Br)cc1C#N)OC(N)=O. The maximum absolute atomic E-state index is 11.1. The van der Waals surface area contributed by atoms with Gasteiger partial charge in [-0.15, -0.1) is 0 Å². The molecule has 114 valence electrons. The van der Waals surface area contributed by atoms with Gasteiger partial charge in [-0.2, -0.15) is 5.26 Å². The second-order valence-corrected chi connectivity index (χ2v) is 6.43. The Bertz CT molecular complexity index is 554. The maximum Gasteiger partial charge on any atom is 0.405 e. The van der Waals surface area contributed by atoms with Gasteiger partial charge in [-0.05, 0) is 37.5 Å². The highest BCUT2D eigenvalue weighted by Crippen LogP contribution is 2.26. The van der Waals surface area contributed by atoms with Crippen LogP contribution in [0.15, 0.2) is 22.7 Å². The number of hydrogen-bond acceptors (Lipinski definition) is 4. The Balaban J connectivity index is 2.86. The van der Waals surface area contributed by atoms with Crippen molar-refractivity contribution in [1.29, 1.82) is 5.26 Å². The van der Waals surface area contributed by atoms with Crippen molar-refractivity contribution in [2.75, 3.05) is 6.61 Å². The van der Waals surface area contributed by atoms with Crippen molar-refractivity contribution in [3.63, 3.8) is 0 Å². The number of ether oxygens (including phenoxy) is 2. The molecule has 0 aromatic heterocycles. The monoisotopic (exact) mass is 354 g/mol. The largest absolute Gasteiger partial charge is 0.488 e. The van der Waals surface area contributed by atoms with Crippen LogP contribution >= 0.6 is 15.9 Å². The summed E-state index contributed by atoms with van der Waals surface area (Å²) in [5, 5.41) is 9.11. The van der Waals surface area contributed by atoms with Crippen molar-refractivity contribution >= 4 is 22.0 Å². The average Bonchev–Trinajstić information content (AvgIpc) is 2.35. The fourth-order valence-electron chi connectivity index (χ4n) is 2.18. The molecule has 0 fully saturated rings. The molecule has 5 nitrogen and oxygen atoms in total. The zero-order chi connectivity index (χ0) is 16.0. The number of carbonyl (C=O) groups is 1. The Hall–Kier alpha value is -1.74. The lowest BCUT2D eigenvalue weighted by Gasteiger charge is -2.30. The lowest BCUT2D eigenvalue weighted by molar-refractivity contribution is -0.0186. The molecule has 0 bridgehead atoms. The minimum atomic E-state index is -0.835. The van der Waals surface area contributed by atoms with Gasteiger partial charge in [0.05, 0.1) is 5.56 Å². The molecule has 1 aromatic carbocycles. The molecule has 0 saturated carbocycles. The Kier molecular flexibility index (Phi) is 6.03. The van der Waals surface area contributed by atoms with E-state index in [4.69, 9.17) is 20.5 Å². The van der Waals surface area contributed by atoms with Gasteiger partial charge in [-0.3, -0.25) is 0 Å². The first-order chi connectivity index (χ1) is 9.75. The van der Waals surface area contributed by atoms with Crippen molar-refractivity contribution in [3.05, 3.63) is 28.2 Å². The van der Waals surface area contributed by atoms with Crippen LogP contribution in [0.25, 0.3) is 0 Å². The molecule has 1 atom stereocenters. The van der Waals surface area contributed by atoms with E-state index in [0.717, 1.165) is 4.47 Å². The molecule has 0 heterocycles. The first-order valence-corrected chi connectivity index (χ1v) is 7.36. The highest BCUT2D eigenvalue weighted by Gasteiger charge is 2.30. The normalized spacial score (nSPS) is 13.3. The van der Waals surface area contributed by atoms with Crippen LogP contribution in [0.4, 0.5) is 4.79 Å². The minimum absolute atomic E-state index is 0.129. The van der Waals surface area contributed by atoms with Crippen molar-refractivity contribution in [3.8, 4) is 11.8 Å². The molecule has 0 saturated heterocycles. The summed E-state index contributed by atoms with van der Waals surface area (Å²) in [6.45, 7) is 5.93. The zero-order valence-corrected chi connectivity index (χ0v) is 13.9. The second-order valence-electron chi connectivity index (χ2n) is 5.51. The zero-order valence-electron chi connectivity index (χ0n) is 12.4. The first kappa shape index (κ1) is 17.3. The molecule has 1 aromatic rings. The van der Waals surface area contributed by atoms with E-state index in [0.29, 0.717) is 23.7 Å². The van der Waals surface area contributed by atoms with Gasteiger partial charge in [0.25, 0.3) is 0 Å². The van der Waals surface area contributed by atoms with Crippen LogP contribution in [0.3, 0.4) is 0 Å². The fourth-order valence-corrected chi connectivity index (χ4v) is 2.54. The van der Waals surface area contributed by atoms with Crippen molar-refractivity contribution < 1.29 is 14.3 Å². The van der Waals surface area contributed by atoms with Crippen LogP contribution in [-0.2, 0) is 4.74 Å². The summed E-state index contributed by atoms with van der Waals surface area (Å²) in [6.07, 6.45) is -0.230. The van der Waals surface area contributed by atoms with Gasteiger partial charge in [-0.1, -0.05) is 29.8 Å². The third-order valence-electron chi connectivity index (χ3n) is 2.78. The van der Waals surface area contributed by atoms with Crippen molar-refractivity contribution in [2.24, 2.45) is 11.7 Å². The van der Waals surface area contributed by atoms with Crippen LogP contribution in [0, 0.1) is 17.2 Å². The molecule has 1 amide bonds. The summed E-state index contributed by atoms with van der Waals surface area (Å²) in [5.74, 6) is 0.752. The summed E-state index contributed by atoms with van der Waals surface area (Å²) in [7, 11) is 0. The predicted molar refractivity (Wildman–Crippen MR) is 82.9 cm³/mol. The molecule has 0 aliphatic rings. The molecular formula is C15H19BrN2O3. The van der Waals surface area contributed by atoms with E-state index in [1.165, 1.54) is 0 Å². The molecule has 2 N–H and O–H groups in total. The van der Waals surface area contributed by atoms with E-state index in [9.17, 15) is 4.79 Å². The molecule has 21 heavy (non-hydrogen) atoms. The lowest BCUT2D eigenvalue weighted by Crippen LogP contribution is -2.41. The highest BCUT2D eigenvalue weighted by molar-refractivity contribution is 9.10. The number of nitriles is 1. The van der Waals surface area contributed by atoms with Crippen LogP contribution in [0.1, 0.15) is 32.8 Å². The number of carbonyl (C=O) groups excluding carboxylic acids is 1. The van der Waals surface area contributed by atoms with E-state index in [-0.39, 0.29) is 6.61 Å². The lowest BCUT2D eigenvalue weighted by atomic mass is 9.95. The Morgan fingerprint density at radius 1 is 1.52 bits per heavy atom. The number of rotatable bonds is 6. The Morgan fingerprint density at radius 3 is 2.71 bits per heavy atom. The number of nitrogens with two attached hydrogens (primary N) is 1. The van der Waals surface area contributed by atoms with Gasteiger partial charge in [0.2, 0.25) is 0 Å². The number of amides is 1. The number of primary amides is 1. The number of halogens is 1. The topological polar surface area (TPSA) is 85.3 Å². The molecule has 1 rings (SSSR count). The fraction of sp³-hybridized carbons (Fsp3) is 0.467.